The zero-order valence-corrected chi connectivity index (χ0v) is 13.2. The van der Waals surface area contributed by atoms with Crippen LogP contribution in [-0.4, -0.2) is 17.7 Å². The van der Waals surface area contributed by atoms with Crippen LogP contribution in [-0.2, 0) is 6.42 Å². The highest BCUT2D eigenvalue weighted by Gasteiger charge is 2.18. The van der Waals surface area contributed by atoms with E-state index < -0.39 is 5.97 Å². The van der Waals surface area contributed by atoms with Crippen molar-refractivity contribution in [2.24, 2.45) is 0 Å². The second-order valence-electron chi connectivity index (χ2n) is 5.24. The molecule has 0 atom stereocenters. The summed E-state index contributed by atoms with van der Waals surface area (Å²) in [7, 11) is 0. The lowest BCUT2D eigenvalue weighted by Gasteiger charge is -2.05. The summed E-state index contributed by atoms with van der Waals surface area (Å²) in [5.41, 5.74) is 1.27. The van der Waals surface area contributed by atoms with E-state index in [0.717, 1.165) is 17.7 Å². The molecule has 1 N–H and O–H groups in total. The maximum atomic E-state index is 11.2. The van der Waals surface area contributed by atoms with Crippen molar-refractivity contribution in [3.63, 3.8) is 0 Å². The third-order valence-electron chi connectivity index (χ3n) is 3.19. The average Bonchev–Trinajstić information content (AvgIpc) is 2.89. The van der Waals surface area contributed by atoms with Gasteiger partial charge in [-0.05, 0) is 30.4 Å². The number of carbonyl (C=O) groups is 1. The molecule has 0 spiro atoms. The largest absolute Gasteiger partial charge is 0.492 e. The minimum absolute atomic E-state index is 0.304. The molecule has 2 aromatic rings. The van der Waals surface area contributed by atoms with Gasteiger partial charge in [-0.3, -0.25) is 0 Å². The third-order valence-corrected chi connectivity index (χ3v) is 4.60. The summed E-state index contributed by atoms with van der Waals surface area (Å²) in [4.78, 5) is 12.6. The molecule has 21 heavy (non-hydrogen) atoms. The highest BCUT2D eigenvalue weighted by Crippen LogP contribution is 2.33. The Kier molecular flexibility index (Phi) is 5.39. The fourth-order valence-corrected chi connectivity index (χ4v) is 2.98. The van der Waals surface area contributed by atoms with Crippen molar-refractivity contribution in [3.05, 3.63) is 51.7 Å². The minimum Gasteiger partial charge on any atom is -0.492 e. The fraction of sp³-hybridized carbons (Fsp3) is 0.353. The van der Waals surface area contributed by atoms with Gasteiger partial charge in [-0.15, -0.1) is 11.3 Å². The molecular weight excluding hydrogens is 284 g/mol. The second-order valence-corrected chi connectivity index (χ2v) is 6.32. The van der Waals surface area contributed by atoms with Crippen molar-refractivity contribution in [1.82, 2.24) is 0 Å². The molecule has 0 aliphatic carbocycles. The third kappa shape index (κ3) is 4.33. The van der Waals surface area contributed by atoms with Gasteiger partial charge in [-0.1, -0.05) is 44.2 Å². The van der Waals surface area contributed by atoms with Crippen LogP contribution in [0.5, 0.6) is 5.75 Å². The highest BCUT2D eigenvalue weighted by molar-refractivity contribution is 7.14. The molecule has 3 nitrogen and oxygen atoms in total. The van der Waals surface area contributed by atoms with Gasteiger partial charge < -0.3 is 9.84 Å². The fourth-order valence-electron chi connectivity index (χ4n) is 2.04. The molecule has 0 saturated heterocycles. The number of ether oxygens (including phenoxy) is 1. The van der Waals surface area contributed by atoms with Gasteiger partial charge in [0.2, 0.25) is 0 Å². The number of aryl methyl sites for hydroxylation is 1. The molecule has 0 aliphatic heterocycles. The predicted octanol–water partition coefficient (Wildman–Crippen LogP) is 4.58. The molecule has 112 valence electrons. The van der Waals surface area contributed by atoms with Gasteiger partial charge in [0.05, 0.1) is 6.61 Å². The van der Waals surface area contributed by atoms with Crippen molar-refractivity contribution in [3.8, 4) is 5.75 Å². The number of carboxylic acid groups (broad SMARTS) is 1. The van der Waals surface area contributed by atoms with Gasteiger partial charge in [-0.2, -0.15) is 0 Å². The van der Waals surface area contributed by atoms with Crippen molar-refractivity contribution in [1.29, 1.82) is 0 Å². The summed E-state index contributed by atoms with van der Waals surface area (Å²) in [5, 5.41) is 9.23. The SMILES string of the molecule is CC(C)c1cc(OCCCc2ccccc2)c(C(=O)O)s1. The van der Waals surface area contributed by atoms with Gasteiger partial charge >= 0.3 is 5.97 Å². The molecular formula is C17H20O3S. The van der Waals surface area contributed by atoms with E-state index in [1.807, 2.05) is 24.3 Å². The Morgan fingerprint density at radius 2 is 2.00 bits per heavy atom. The number of rotatable bonds is 7. The van der Waals surface area contributed by atoms with Crippen LogP contribution in [0.1, 0.15) is 46.3 Å². The average molecular weight is 304 g/mol. The van der Waals surface area contributed by atoms with Gasteiger partial charge in [0.1, 0.15) is 5.75 Å². The van der Waals surface area contributed by atoms with Gasteiger partial charge in [0.25, 0.3) is 0 Å². The smallest absolute Gasteiger partial charge is 0.349 e. The lowest BCUT2D eigenvalue weighted by molar-refractivity contribution is 0.0698. The zero-order valence-electron chi connectivity index (χ0n) is 12.3. The van der Waals surface area contributed by atoms with E-state index in [2.05, 4.69) is 26.0 Å². The van der Waals surface area contributed by atoms with Crippen LogP contribution < -0.4 is 4.74 Å². The van der Waals surface area contributed by atoms with Crippen LogP contribution in [0.3, 0.4) is 0 Å². The Balaban J connectivity index is 1.92. The monoisotopic (exact) mass is 304 g/mol. The normalized spacial score (nSPS) is 10.8. The topological polar surface area (TPSA) is 46.5 Å². The minimum atomic E-state index is -0.912. The number of benzene rings is 1. The van der Waals surface area contributed by atoms with Crippen molar-refractivity contribution < 1.29 is 14.6 Å². The van der Waals surface area contributed by atoms with Crippen LogP contribution in [0.15, 0.2) is 36.4 Å². The molecule has 4 heteroatoms. The Hall–Kier alpha value is -1.81. The number of carboxylic acids is 1. The van der Waals surface area contributed by atoms with Crippen molar-refractivity contribution >= 4 is 17.3 Å². The van der Waals surface area contributed by atoms with E-state index in [4.69, 9.17) is 4.74 Å². The first kappa shape index (κ1) is 15.6. The molecule has 0 aliphatic rings. The Bertz CT molecular complexity index is 587. The first-order valence-electron chi connectivity index (χ1n) is 7.11. The van der Waals surface area contributed by atoms with E-state index in [1.54, 1.807) is 0 Å². The van der Waals surface area contributed by atoms with Crippen LogP contribution in [0, 0.1) is 0 Å². The summed E-state index contributed by atoms with van der Waals surface area (Å²) in [5.74, 6) is -0.0935. The molecule has 1 heterocycles. The molecule has 0 radical (unpaired) electrons. The molecule has 1 aromatic heterocycles. The summed E-state index contributed by atoms with van der Waals surface area (Å²) in [6.07, 6.45) is 1.81. The first-order valence-corrected chi connectivity index (χ1v) is 7.93. The zero-order chi connectivity index (χ0) is 15.2. The molecule has 0 fully saturated rings. The molecule has 0 unspecified atom stereocenters. The predicted molar refractivity (Wildman–Crippen MR) is 85.6 cm³/mol. The number of hydrogen-bond donors (Lipinski definition) is 1. The Morgan fingerprint density at radius 3 is 2.62 bits per heavy atom. The van der Waals surface area contributed by atoms with Crippen molar-refractivity contribution in [2.45, 2.75) is 32.6 Å². The van der Waals surface area contributed by atoms with E-state index in [1.165, 1.54) is 16.9 Å². The van der Waals surface area contributed by atoms with Crippen LogP contribution in [0.25, 0.3) is 0 Å². The summed E-state index contributed by atoms with van der Waals surface area (Å²) in [6.45, 7) is 4.64. The maximum absolute atomic E-state index is 11.2. The second kappa shape index (κ2) is 7.27. The molecule has 1 aromatic carbocycles. The highest BCUT2D eigenvalue weighted by atomic mass is 32.1. The quantitative estimate of drug-likeness (QED) is 0.761. The van der Waals surface area contributed by atoms with Crippen LogP contribution >= 0.6 is 11.3 Å². The van der Waals surface area contributed by atoms with Crippen LogP contribution in [0.4, 0.5) is 0 Å². The molecule has 0 bridgehead atoms. The van der Waals surface area contributed by atoms with E-state index in [-0.39, 0.29) is 0 Å². The molecule has 0 amide bonds. The Morgan fingerprint density at radius 1 is 1.29 bits per heavy atom. The van der Waals surface area contributed by atoms with E-state index in [0.29, 0.717) is 23.2 Å². The van der Waals surface area contributed by atoms with Gasteiger partial charge in [-0.25, -0.2) is 4.79 Å². The number of thiophene rings is 1. The summed E-state index contributed by atoms with van der Waals surface area (Å²) in [6, 6.07) is 12.1. The number of hydrogen-bond acceptors (Lipinski definition) is 3. The molecule has 2 rings (SSSR count). The standard InChI is InChI=1S/C17H20O3S/c1-12(2)15-11-14(16(21-15)17(18)19)20-10-6-9-13-7-4-3-5-8-13/h3-5,7-8,11-12H,6,9-10H2,1-2H3,(H,18,19). The van der Waals surface area contributed by atoms with Gasteiger partial charge in [0.15, 0.2) is 4.88 Å². The lowest BCUT2D eigenvalue weighted by Crippen LogP contribution is -2.02. The van der Waals surface area contributed by atoms with Gasteiger partial charge in [0, 0.05) is 4.88 Å². The maximum Gasteiger partial charge on any atom is 0.349 e. The molecule has 0 saturated carbocycles. The lowest BCUT2D eigenvalue weighted by atomic mass is 10.1. The Labute approximate surface area is 129 Å². The van der Waals surface area contributed by atoms with E-state index >= 15 is 0 Å². The van der Waals surface area contributed by atoms with Crippen molar-refractivity contribution in [2.75, 3.05) is 6.61 Å². The summed E-state index contributed by atoms with van der Waals surface area (Å²) < 4.78 is 5.68. The first-order chi connectivity index (χ1) is 10.1. The number of aromatic carboxylic acids is 1. The van der Waals surface area contributed by atoms with Crippen LogP contribution in [0.2, 0.25) is 0 Å². The van der Waals surface area contributed by atoms with E-state index in [9.17, 15) is 9.90 Å². The summed E-state index contributed by atoms with van der Waals surface area (Å²) >= 11 is 1.31.